The van der Waals surface area contributed by atoms with Crippen LogP contribution in [0.4, 0.5) is 0 Å². The van der Waals surface area contributed by atoms with Crippen molar-refractivity contribution in [1.29, 1.82) is 0 Å². The largest absolute Gasteiger partial charge is 0.336 e. The van der Waals surface area contributed by atoms with Crippen molar-refractivity contribution in [3.8, 4) is 0 Å². The number of likely N-dealkylation sites (tertiary alicyclic amines) is 1. The molecule has 1 atom stereocenters. The maximum atomic E-state index is 12.0. The second-order valence-electron chi connectivity index (χ2n) is 4.44. The van der Waals surface area contributed by atoms with E-state index in [1.165, 1.54) is 12.8 Å². The van der Waals surface area contributed by atoms with E-state index < -0.39 is 0 Å². The smallest absolute Gasteiger partial charge is 0.293 e. The first-order valence-corrected chi connectivity index (χ1v) is 5.89. The van der Waals surface area contributed by atoms with Crippen LogP contribution in [0.25, 0.3) is 0 Å². The fourth-order valence-electron chi connectivity index (χ4n) is 2.24. The molecule has 1 aliphatic heterocycles. The van der Waals surface area contributed by atoms with Gasteiger partial charge in [0.15, 0.2) is 0 Å². The minimum atomic E-state index is -0.0389. The Morgan fingerprint density at radius 2 is 2.44 bits per heavy atom. The summed E-state index contributed by atoms with van der Waals surface area (Å²) in [6, 6.07) is 0. The monoisotopic (exact) mass is 222 g/mol. The maximum Gasteiger partial charge on any atom is 0.293 e. The first kappa shape index (κ1) is 11.1. The third kappa shape index (κ3) is 2.23. The Labute approximate surface area is 95.2 Å². The minimum absolute atomic E-state index is 0.0389. The number of H-pyrrole nitrogens is 1. The summed E-state index contributed by atoms with van der Waals surface area (Å²) in [7, 11) is 0. The zero-order valence-corrected chi connectivity index (χ0v) is 9.86. The van der Waals surface area contributed by atoms with Gasteiger partial charge in [-0.1, -0.05) is 13.3 Å². The van der Waals surface area contributed by atoms with Crippen molar-refractivity contribution in [2.24, 2.45) is 5.92 Å². The number of aryl methyl sites for hydroxylation is 1. The Morgan fingerprint density at radius 1 is 1.62 bits per heavy atom. The average Bonchev–Trinajstić information content (AvgIpc) is 2.87. The molecule has 16 heavy (non-hydrogen) atoms. The molecular formula is C11H18N4O. The molecule has 1 N–H and O–H groups in total. The van der Waals surface area contributed by atoms with E-state index in [9.17, 15) is 4.79 Å². The number of amides is 1. The predicted octanol–water partition coefficient (Wildman–Crippen LogP) is 1.38. The summed E-state index contributed by atoms with van der Waals surface area (Å²) in [6.07, 6.45) is 3.51. The standard InChI is InChI=1S/C11H18N4O/c1-3-4-9-5-6-15(7-9)11(16)10-12-8(2)13-14-10/h9H,3-7H2,1-2H3,(H,12,13,14). The lowest BCUT2D eigenvalue weighted by molar-refractivity contribution is 0.0775. The quantitative estimate of drug-likeness (QED) is 0.840. The second-order valence-corrected chi connectivity index (χ2v) is 4.44. The van der Waals surface area contributed by atoms with Gasteiger partial charge in [-0.2, -0.15) is 0 Å². The van der Waals surface area contributed by atoms with E-state index in [0.29, 0.717) is 17.6 Å². The van der Waals surface area contributed by atoms with Gasteiger partial charge in [-0.3, -0.25) is 9.89 Å². The molecule has 5 nitrogen and oxygen atoms in total. The van der Waals surface area contributed by atoms with Crippen LogP contribution >= 0.6 is 0 Å². The van der Waals surface area contributed by atoms with E-state index in [4.69, 9.17) is 0 Å². The van der Waals surface area contributed by atoms with Gasteiger partial charge in [0.05, 0.1) is 0 Å². The summed E-state index contributed by atoms with van der Waals surface area (Å²) < 4.78 is 0. The zero-order chi connectivity index (χ0) is 11.5. The Hall–Kier alpha value is -1.39. The zero-order valence-electron chi connectivity index (χ0n) is 9.86. The lowest BCUT2D eigenvalue weighted by atomic mass is 10.0. The van der Waals surface area contributed by atoms with E-state index in [1.54, 1.807) is 6.92 Å². The van der Waals surface area contributed by atoms with Crippen LogP contribution < -0.4 is 0 Å². The van der Waals surface area contributed by atoms with Gasteiger partial charge in [0.25, 0.3) is 5.91 Å². The maximum absolute atomic E-state index is 12.0. The molecule has 1 unspecified atom stereocenters. The number of carbonyl (C=O) groups excluding carboxylic acids is 1. The molecule has 2 rings (SSSR count). The van der Waals surface area contributed by atoms with Crippen molar-refractivity contribution < 1.29 is 4.79 Å². The minimum Gasteiger partial charge on any atom is -0.336 e. The summed E-state index contributed by atoms with van der Waals surface area (Å²) in [4.78, 5) is 17.9. The number of aromatic nitrogens is 3. The fraction of sp³-hybridized carbons (Fsp3) is 0.727. The van der Waals surface area contributed by atoms with Crippen LogP contribution in [0.3, 0.4) is 0 Å². The number of rotatable bonds is 3. The molecule has 0 bridgehead atoms. The lowest BCUT2D eigenvalue weighted by Gasteiger charge is -2.13. The Bertz CT molecular complexity index is 374. The van der Waals surface area contributed by atoms with Gasteiger partial charge in [-0.25, -0.2) is 4.98 Å². The van der Waals surface area contributed by atoms with Crippen LogP contribution in [0, 0.1) is 12.8 Å². The molecule has 1 aromatic heterocycles. The normalized spacial score (nSPS) is 20.4. The Morgan fingerprint density at radius 3 is 3.06 bits per heavy atom. The van der Waals surface area contributed by atoms with E-state index in [2.05, 4.69) is 22.1 Å². The number of hydrogen-bond donors (Lipinski definition) is 1. The van der Waals surface area contributed by atoms with Gasteiger partial charge in [0, 0.05) is 13.1 Å². The van der Waals surface area contributed by atoms with Gasteiger partial charge >= 0.3 is 0 Å². The topological polar surface area (TPSA) is 61.9 Å². The molecule has 0 spiro atoms. The molecule has 1 fully saturated rings. The molecule has 1 amide bonds. The van der Waals surface area contributed by atoms with Crippen molar-refractivity contribution in [3.05, 3.63) is 11.6 Å². The third-order valence-corrected chi connectivity index (χ3v) is 3.06. The van der Waals surface area contributed by atoms with Gasteiger partial charge in [0.1, 0.15) is 5.82 Å². The molecule has 0 radical (unpaired) electrons. The summed E-state index contributed by atoms with van der Waals surface area (Å²) in [6.45, 7) is 5.69. The van der Waals surface area contributed by atoms with Gasteiger partial charge in [-0.05, 0) is 25.7 Å². The molecule has 0 aliphatic carbocycles. The highest BCUT2D eigenvalue weighted by molar-refractivity contribution is 5.90. The number of aromatic amines is 1. The van der Waals surface area contributed by atoms with Crippen molar-refractivity contribution in [2.45, 2.75) is 33.1 Å². The summed E-state index contributed by atoms with van der Waals surface area (Å²) in [5.74, 6) is 1.61. The first-order chi connectivity index (χ1) is 7.70. The fourth-order valence-corrected chi connectivity index (χ4v) is 2.24. The van der Waals surface area contributed by atoms with Crippen molar-refractivity contribution in [3.63, 3.8) is 0 Å². The summed E-state index contributed by atoms with van der Waals surface area (Å²) >= 11 is 0. The van der Waals surface area contributed by atoms with Gasteiger partial charge in [-0.15, -0.1) is 5.10 Å². The highest BCUT2D eigenvalue weighted by Crippen LogP contribution is 2.21. The molecule has 0 saturated carbocycles. The number of carbonyl (C=O) groups is 1. The molecule has 2 heterocycles. The van der Waals surface area contributed by atoms with Crippen LogP contribution in [0.5, 0.6) is 0 Å². The van der Waals surface area contributed by atoms with E-state index in [-0.39, 0.29) is 5.91 Å². The van der Waals surface area contributed by atoms with Gasteiger partial charge in [0.2, 0.25) is 5.82 Å². The van der Waals surface area contributed by atoms with Crippen LogP contribution in [0.2, 0.25) is 0 Å². The summed E-state index contributed by atoms with van der Waals surface area (Å²) in [5, 5.41) is 6.60. The predicted molar refractivity (Wildman–Crippen MR) is 60.0 cm³/mol. The van der Waals surface area contributed by atoms with Crippen molar-refractivity contribution >= 4 is 5.91 Å². The Balaban J connectivity index is 1.97. The molecular weight excluding hydrogens is 204 g/mol. The van der Waals surface area contributed by atoms with Crippen LogP contribution in [0.15, 0.2) is 0 Å². The van der Waals surface area contributed by atoms with Gasteiger partial charge < -0.3 is 4.90 Å². The Kier molecular flexibility index (Phi) is 3.22. The molecule has 1 saturated heterocycles. The third-order valence-electron chi connectivity index (χ3n) is 3.06. The van der Waals surface area contributed by atoms with Crippen LogP contribution in [0.1, 0.15) is 42.6 Å². The second kappa shape index (κ2) is 4.63. The molecule has 1 aromatic rings. The van der Waals surface area contributed by atoms with E-state index in [1.807, 2.05) is 4.90 Å². The molecule has 1 aliphatic rings. The van der Waals surface area contributed by atoms with Crippen molar-refractivity contribution in [2.75, 3.05) is 13.1 Å². The van der Waals surface area contributed by atoms with Crippen LogP contribution in [-0.2, 0) is 0 Å². The molecule has 5 heteroatoms. The van der Waals surface area contributed by atoms with E-state index >= 15 is 0 Å². The van der Waals surface area contributed by atoms with Crippen molar-refractivity contribution in [1.82, 2.24) is 20.1 Å². The van der Waals surface area contributed by atoms with E-state index in [0.717, 1.165) is 19.5 Å². The number of nitrogens with one attached hydrogen (secondary N) is 1. The molecule has 88 valence electrons. The highest BCUT2D eigenvalue weighted by atomic mass is 16.2. The number of hydrogen-bond acceptors (Lipinski definition) is 3. The highest BCUT2D eigenvalue weighted by Gasteiger charge is 2.28. The lowest BCUT2D eigenvalue weighted by Crippen LogP contribution is -2.29. The molecule has 0 aromatic carbocycles. The summed E-state index contributed by atoms with van der Waals surface area (Å²) in [5.41, 5.74) is 0. The number of nitrogens with zero attached hydrogens (tertiary/aromatic N) is 3. The van der Waals surface area contributed by atoms with Crippen LogP contribution in [-0.4, -0.2) is 39.1 Å². The first-order valence-electron chi connectivity index (χ1n) is 5.89. The average molecular weight is 222 g/mol. The SMILES string of the molecule is CCCC1CCN(C(=O)c2n[nH]c(C)n2)C1.